The van der Waals surface area contributed by atoms with E-state index in [1.807, 2.05) is 0 Å². The maximum Gasteiger partial charge on any atom is 0.313 e. The Kier molecular flexibility index (Phi) is 3.83. The summed E-state index contributed by atoms with van der Waals surface area (Å²) < 4.78 is 4.91. The van der Waals surface area contributed by atoms with Crippen LogP contribution in [0.4, 0.5) is 0 Å². The molecule has 0 spiro atoms. The minimum Gasteiger partial charge on any atom is -0.462 e. The van der Waals surface area contributed by atoms with E-state index >= 15 is 0 Å². The summed E-state index contributed by atoms with van der Waals surface area (Å²) in [4.78, 5) is 22.2. The second kappa shape index (κ2) is 4.91. The number of carbonyl (C=O) groups is 2. The second-order valence-electron chi connectivity index (χ2n) is 3.45. The van der Waals surface area contributed by atoms with Crippen molar-refractivity contribution in [2.45, 2.75) is 38.4 Å². The Morgan fingerprint density at radius 1 is 1.50 bits per heavy atom. The summed E-state index contributed by atoms with van der Waals surface area (Å²) >= 11 is 0. The lowest BCUT2D eigenvalue weighted by molar-refractivity contribution is -0.151. The van der Waals surface area contributed by atoms with E-state index in [2.05, 4.69) is 0 Å². The summed E-state index contributed by atoms with van der Waals surface area (Å²) in [6.45, 7) is 1.70. The van der Waals surface area contributed by atoms with Gasteiger partial charge in [-0.1, -0.05) is 12.2 Å². The fourth-order valence-electron chi connectivity index (χ4n) is 1.32. The molecular weight excluding hydrogens is 184 g/mol. The maximum atomic E-state index is 11.1. The molecule has 0 radical (unpaired) electrons. The van der Waals surface area contributed by atoms with Crippen molar-refractivity contribution < 1.29 is 19.4 Å². The SMILES string of the molecule is C[C@@H]1C[C@@H](O)/C=C/CC(=O)CC(=O)O1. The standard InChI is InChI=1S/C10H14O4/c1-7-5-8(11)3-2-4-9(12)6-10(13)14-7/h2-3,7-8,11H,4-6H2,1H3/b3-2+/t7-,8+/m1/s1. The molecule has 0 fully saturated rings. The van der Waals surface area contributed by atoms with E-state index in [1.54, 1.807) is 19.1 Å². The first-order valence-electron chi connectivity index (χ1n) is 4.64. The molecule has 0 bridgehead atoms. The maximum absolute atomic E-state index is 11.1. The fourth-order valence-corrected chi connectivity index (χ4v) is 1.32. The molecule has 78 valence electrons. The van der Waals surface area contributed by atoms with Crippen LogP contribution in [-0.2, 0) is 14.3 Å². The molecule has 1 aliphatic heterocycles. The first kappa shape index (κ1) is 10.9. The first-order valence-corrected chi connectivity index (χ1v) is 4.64. The van der Waals surface area contributed by atoms with Crippen molar-refractivity contribution in [3.8, 4) is 0 Å². The van der Waals surface area contributed by atoms with Crippen LogP contribution < -0.4 is 0 Å². The van der Waals surface area contributed by atoms with Crippen molar-refractivity contribution >= 4 is 11.8 Å². The zero-order valence-corrected chi connectivity index (χ0v) is 8.10. The monoisotopic (exact) mass is 198 g/mol. The van der Waals surface area contributed by atoms with Crippen LogP contribution in [0.25, 0.3) is 0 Å². The van der Waals surface area contributed by atoms with E-state index in [1.165, 1.54) is 0 Å². The number of Topliss-reactive ketones (excluding diaryl/α,β-unsaturated/α-hetero) is 1. The number of hydrogen-bond donors (Lipinski definition) is 1. The molecule has 1 heterocycles. The average molecular weight is 198 g/mol. The average Bonchev–Trinajstić information content (AvgIpc) is 2.01. The van der Waals surface area contributed by atoms with E-state index < -0.39 is 12.1 Å². The number of aliphatic hydroxyl groups excluding tert-OH is 1. The van der Waals surface area contributed by atoms with Crippen LogP contribution in [0.1, 0.15) is 26.2 Å². The highest BCUT2D eigenvalue weighted by Crippen LogP contribution is 2.08. The van der Waals surface area contributed by atoms with Gasteiger partial charge in [-0.05, 0) is 6.92 Å². The zero-order chi connectivity index (χ0) is 10.6. The number of ether oxygens (including phenoxy) is 1. The highest BCUT2D eigenvalue weighted by atomic mass is 16.5. The minimum atomic E-state index is -0.649. The molecule has 1 rings (SSSR count). The summed E-state index contributed by atoms with van der Waals surface area (Å²) in [6.07, 6.45) is 2.53. The molecule has 1 aliphatic rings. The summed E-state index contributed by atoms with van der Waals surface area (Å²) in [5.74, 6) is -0.697. The lowest BCUT2D eigenvalue weighted by atomic mass is 10.1. The van der Waals surface area contributed by atoms with Crippen LogP contribution in [-0.4, -0.2) is 29.1 Å². The normalized spacial score (nSPS) is 32.1. The number of ketones is 1. The lowest BCUT2D eigenvalue weighted by Gasteiger charge is -2.16. The first-order chi connectivity index (χ1) is 6.58. The quantitative estimate of drug-likeness (QED) is 0.351. The molecule has 0 aromatic heterocycles. The summed E-state index contributed by atoms with van der Waals surface area (Å²) in [5, 5.41) is 9.38. The van der Waals surface area contributed by atoms with Crippen LogP contribution in [0, 0.1) is 0 Å². The van der Waals surface area contributed by atoms with Crippen LogP contribution >= 0.6 is 0 Å². The number of aliphatic hydroxyl groups is 1. The number of carbonyl (C=O) groups excluding carboxylic acids is 2. The van der Waals surface area contributed by atoms with Crippen LogP contribution in [0.5, 0.6) is 0 Å². The Balaban J connectivity index is 2.65. The van der Waals surface area contributed by atoms with Gasteiger partial charge in [-0.25, -0.2) is 0 Å². The predicted octanol–water partition coefficient (Wildman–Crippen LogP) is 0.588. The highest BCUT2D eigenvalue weighted by molar-refractivity contribution is 5.96. The van der Waals surface area contributed by atoms with E-state index in [0.29, 0.717) is 6.42 Å². The van der Waals surface area contributed by atoms with E-state index in [0.717, 1.165) is 0 Å². The summed E-state index contributed by atoms with van der Waals surface area (Å²) in [7, 11) is 0. The molecule has 2 atom stereocenters. The van der Waals surface area contributed by atoms with Gasteiger partial charge >= 0.3 is 5.97 Å². The molecule has 4 nitrogen and oxygen atoms in total. The summed E-state index contributed by atoms with van der Waals surface area (Å²) in [5.41, 5.74) is 0. The van der Waals surface area contributed by atoms with Crippen molar-refractivity contribution in [2.24, 2.45) is 0 Å². The minimum absolute atomic E-state index is 0.176. The van der Waals surface area contributed by atoms with Gasteiger partial charge in [0.2, 0.25) is 0 Å². The van der Waals surface area contributed by atoms with Crippen LogP contribution in [0.15, 0.2) is 12.2 Å². The van der Waals surface area contributed by atoms with E-state index in [-0.39, 0.29) is 24.7 Å². The van der Waals surface area contributed by atoms with Crippen molar-refractivity contribution in [1.82, 2.24) is 0 Å². The number of rotatable bonds is 0. The topological polar surface area (TPSA) is 63.6 Å². The molecule has 0 amide bonds. The number of hydrogen-bond acceptors (Lipinski definition) is 4. The molecule has 4 heteroatoms. The third-order valence-electron chi connectivity index (χ3n) is 1.95. The number of cyclic esters (lactones) is 1. The van der Waals surface area contributed by atoms with Crippen LogP contribution in [0.2, 0.25) is 0 Å². The van der Waals surface area contributed by atoms with Crippen molar-refractivity contribution in [3.63, 3.8) is 0 Å². The second-order valence-corrected chi connectivity index (χ2v) is 3.45. The Morgan fingerprint density at radius 3 is 2.93 bits per heavy atom. The van der Waals surface area contributed by atoms with Crippen LogP contribution in [0.3, 0.4) is 0 Å². The molecular formula is C10H14O4. The number of allylic oxidation sites excluding steroid dienone is 1. The largest absolute Gasteiger partial charge is 0.462 e. The Bertz CT molecular complexity index is 257. The molecule has 0 saturated heterocycles. The van der Waals surface area contributed by atoms with Gasteiger partial charge in [-0.2, -0.15) is 0 Å². The molecule has 0 unspecified atom stereocenters. The third-order valence-corrected chi connectivity index (χ3v) is 1.95. The van der Waals surface area contributed by atoms with Gasteiger partial charge in [0.05, 0.1) is 6.10 Å². The highest BCUT2D eigenvalue weighted by Gasteiger charge is 2.16. The Hall–Kier alpha value is -1.16. The van der Waals surface area contributed by atoms with Gasteiger partial charge in [0.1, 0.15) is 18.3 Å². The smallest absolute Gasteiger partial charge is 0.313 e. The van der Waals surface area contributed by atoms with E-state index in [9.17, 15) is 14.7 Å². The molecule has 0 aromatic carbocycles. The zero-order valence-electron chi connectivity index (χ0n) is 8.10. The van der Waals surface area contributed by atoms with Gasteiger partial charge in [0.15, 0.2) is 0 Å². The van der Waals surface area contributed by atoms with Gasteiger partial charge < -0.3 is 9.84 Å². The van der Waals surface area contributed by atoms with Gasteiger partial charge in [-0.15, -0.1) is 0 Å². The fraction of sp³-hybridized carbons (Fsp3) is 0.600. The van der Waals surface area contributed by atoms with Crippen molar-refractivity contribution in [1.29, 1.82) is 0 Å². The molecule has 1 N–H and O–H groups in total. The Morgan fingerprint density at radius 2 is 2.21 bits per heavy atom. The van der Waals surface area contributed by atoms with E-state index in [4.69, 9.17) is 4.74 Å². The lowest BCUT2D eigenvalue weighted by Crippen LogP contribution is -2.22. The molecule has 0 aliphatic carbocycles. The molecule has 0 saturated carbocycles. The molecule has 0 aromatic rings. The number of esters is 1. The van der Waals surface area contributed by atoms with Gasteiger partial charge in [0.25, 0.3) is 0 Å². The summed E-state index contributed by atoms with van der Waals surface area (Å²) in [6, 6.07) is 0. The van der Waals surface area contributed by atoms with Crippen molar-refractivity contribution in [2.75, 3.05) is 0 Å². The Labute approximate surface area is 82.6 Å². The van der Waals surface area contributed by atoms with Gasteiger partial charge in [-0.3, -0.25) is 9.59 Å². The third kappa shape index (κ3) is 3.70. The molecule has 14 heavy (non-hydrogen) atoms. The predicted molar refractivity (Wildman–Crippen MR) is 49.6 cm³/mol. The van der Waals surface area contributed by atoms with Crippen molar-refractivity contribution in [3.05, 3.63) is 12.2 Å². The van der Waals surface area contributed by atoms with Gasteiger partial charge in [0, 0.05) is 12.8 Å².